The number of nitrogens with one attached hydrogen (secondary N) is 1. The number of nitrogens with zero attached hydrogens (tertiary/aromatic N) is 2. The first-order valence-electron chi connectivity index (χ1n) is 9.64. The molecule has 0 saturated heterocycles. The lowest BCUT2D eigenvalue weighted by molar-refractivity contribution is -0.112. The Balaban J connectivity index is 1.60. The number of rotatable bonds is 4. The van der Waals surface area contributed by atoms with Crippen molar-refractivity contribution >= 4 is 17.7 Å². The van der Waals surface area contributed by atoms with Gasteiger partial charge in [-0.25, -0.2) is 0 Å². The summed E-state index contributed by atoms with van der Waals surface area (Å²) >= 11 is 0. The minimum Gasteiger partial charge on any atom is -0.486 e. The number of fused-ring (bicyclic) bond motifs is 1. The van der Waals surface area contributed by atoms with Crippen molar-refractivity contribution < 1.29 is 14.3 Å². The van der Waals surface area contributed by atoms with Crippen molar-refractivity contribution in [2.75, 3.05) is 18.5 Å². The average molecular weight is 399 g/mol. The molecule has 1 N–H and O–H groups in total. The Morgan fingerprint density at radius 3 is 2.53 bits per heavy atom. The summed E-state index contributed by atoms with van der Waals surface area (Å²) in [4.78, 5) is 12.7. The fraction of sp³-hybridized carbons (Fsp3) is 0.167. The number of amides is 1. The molecule has 3 aromatic rings. The molecule has 0 saturated carbocycles. The molecule has 150 valence electrons. The Hall–Kier alpha value is -3.98. The largest absolute Gasteiger partial charge is 0.486 e. The predicted octanol–water partition coefficient (Wildman–Crippen LogP) is 4.41. The van der Waals surface area contributed by atoms with E-state index in [-0.39, 0.29) is 5.57 Å². The number of nitriles is 1. The molecule has 1 aliphatic rings. The van der Waals surface area contributed by atoms with Crippen molar-refractivity contribution in [3.8, 4) is 23.3 Å². The summed E-state index contributed by atoms with van der Waals surface area (Å²) in [5, 5.41) is 12.3. The van der Waals surface area contributed by atoms with E-state index in [2.05, 4.69) is 9.88 Å². The normalized spacial score (nSPS) is 12.9. The quantitative estimate of drug-likeness (QED) is 0.521. The van der Waals surface area contributed by atoms with Crippen molar-refractivity contribution in [1.82, 2.24) is 4.57 Å². The second-order valence-corrected chi connectivity index (χ2v) is 6.98. The van der Waals surface area contributed by atoms with Gasteiger partial charge in [0.15, 0.2) is 11.5 Å². The smallest absolute Gasteiger partial charge is 0.266 e. The first-order valence-corrected chi connectivity index (χ1v) is 9.64. The van der Waals surface area contributed by atoms with E-state index in [9.17, 15) is 10.1 Å². The van der Waals surface area contributed by atoms with E-state index in [1.165, 1.54) is 0 Å². The number of aromatic nitrogens is 1. The zero-order valence-electron chi connectivity index (χ0n) is 16.8. The van der Waals surface area contributed by atoms with Crippen LogP contribution in [0.2, 0.25) is 0 Å². The van der Waals surface area contributed by atoms with Gasteiger partial charge in [-0.05, 0) is 55.8 Å². The van der Waals surface area contributed by atoms with Crippen LogP contribution in [0.25, 0.3) is 11.8 Å². The minimum atomic E-state index is -0.473. The van der Waals surface area contributed by atoms with Gasteiger partial charge in [-0.2, -0.15) is 5.26 Å². The lowest BCUT2D eigenvalue weighted by atomic mass is 10.1. The summed E-state index contributed by atoms with van der Waals surface area (Å²) in [7, 11) is 0. The molecular weight excluding hydrogens is 378 g/mol. The standard InChI is InChI=1S/C24H21N3O3/c1-16-12-18(17(2)27(16)21-6-4-3-5-7-21)13-19(15-25)24(28)26-20-8-9-22-23(14-20)30-11-10-29-22/h3-9,12-14H,10-11H2,1-2H3,(H,26,28)/b19-13+. The summed E-state index contributed by atoms with van der Waals surface area (Å²) in [6.07, 6.45) is 1.62. The third kappa shape index (κ3) is 3.78. The monoisotopic (exact) mass is 399 g/mol. The van der Waals surface area contributed by atoms with E-state index in [0.717, 1.165) is 22.6 Å². The Bertz CT molecular complexity index is 1170. The van der Waals surface area contributed by atoms with Crippen LogP contribution < -0.4 is 14.8 Å². The Morgan fingerprint density at radius 1 is 1.07 bits per heavy atom. The van der Waals surface area contributed by atoms with Crippen LogP contribution >= 0.6 is 0 Å². The summed E-state index contributed by atoms with van der Waals surface area (Å²) in [5.41, 5.74) is 4.41. The van der Waals surface area contributed by atoms with E-state index in [1.807, 2.05) is 56.3 Å². The van der Waals surface area contributed by atoms with Crippen molar-refractivity contribution in [2.45, 2.75) is 13.8 Å². The molecule has 4 rings (SSSR count). The molecule has 0 fully saturated rings. The van der Waals surface area contributed by atoms with Gasteiger partial charge in [-0.1, -0.05) is 18.2 Å². The van der Waals surface area contributed by atoms with Crippen LogP contribution in [0.5, 0.6) is 11.5 Å². The summed E-state index contributed by atoms with van der Waals surface area (Å²) < 4.78 is 13.1. The first kappa shape index (κ1) is 19.3. The Kier molecular flexibility index (Phi) is 5.27. The molecule has 1 aromatic heterocycles. The first-order chi connectivity index (χ1) is 14.6. The van der Waals surface area contributed by atoms with Crippen LogP contribution in [-0.4, -0.2) is 23.7 Å². The number of anilines is 1. The van der Waals surface area contributed by atoms with Gasteiger partial charge in [0, 0.05) is 28.8 Å². The van der Waals surface area contributed by atoms with Crippen molar-refractivity contribution in [1.29, 1.82) is 5.26 Å². The molecule has 2 heterocycles. The van der Waals surface area contributed by atoms with Crippen LogP contribution in [0.3, 0.4) is 0 Å². The third-order valence-electron chi connectivity index (χ3n) is 4.95. The number of para-hydroxylation sites is 1. The molecule has 0 spiro atoms. The number of carbonyl (C=O) groups is 1. The van der Waals surface area contributed by atoms with Gasteiger partial charge in [0.25, 0.3) is 5.91 Å². The van der Waals surface area contributed by atoms with Gasteiger partial charge in [0.05, 0.1) is 0 Å². The average Bonchev–Trinajstić information content (AvgIpc) is 3.05. The topological polar surface area (TPSA) is 76.3 Å². The van der Waals surface area contributed by atoms with Gasteiger partial charge in [-0.15, -0.1) is 0 Å². The number of carbonyl (C=O) groups excluding carboxylic acids is 1. The van der Waals surface area contributed by atoms with Crippen LogP contribution in [0.15, 0.2) is 60.2 Å². The molecule has 1 aliphatic heterocycles. The fourth-order valence-electron chi connectivity index (χ4n) is 3.53. The van der Waals surface area contributed by atoms with E-state index >= 15 is 0 Å². The zero-order valence-corrected chi connectivity index (χ0v) is 16.8. The number of benzene rings is 2. The second-order valence-electron chi connectivity index (χ2n) is 6.98. The molecule has 6 heteroatoms. The van der Waals surface area contributed by atoms with Gasteiger partial charge in [0.2, 0.25) is 0 Å². The lowest BCUT2D eigenvalue weighted by Gasteiger charge is -2.18. The van der Waals surface area contributed by atoms with Gasteiger partial charge in [0.1, 0.15) is 24.9 Å². The Morgan fingerprint density at radius 2 is 1.80 bits per heavy atom. The molecule has 0 unspecified atom stereocenters. The summed E-state index contributed by atoms with van der Waals surface area (Å²) in [6.45, 7) is 4.93. The lowest BCUT2D eigenvalue weighted by Crippen LogP contribution is -2.17. The third-order valence-corrected chi connectivity index (χ3v) is 4.95. The van der Waals surface area contributed by atoms with E-state index in [0.29, 0.717) is 30.4 Å². The number of aryl methyl sites for hydroxylation is 1. The minimum absolute atomic E-state index is 0.0261. The van der Waals surface area contributed by atoms with Crippen molar-refractivity contribution in [3.63, 3.8) is 0 Å². The zero-order chi connectivity index (χ0) is 21.1. The molecule has 0 bridgehead atoms. The molecule has 1 amide bonds. The highest BCUT2D eigenvalue weighted by Crippen LogP contribution is 2.32. The van der Waals surface area contributed by atoms with Crippen molar-refractivity contribution in [2.24, 2.45) is 0 Å². The summed E-state index contributed by atoms with van der Waals surface area (Å²) in [6, 6.07) is 19.1. The van der Waals surface area contributed by atoms with Crippen LogP contribution in [0.4, 0.5) is 5.69 Å². The number of hydrogen-bond acceptors (Lipinski definition) is 4. The van der Waals surface area contributed by atoms with E-state index in [1.54, 1.807) is 24.3 Å². The maximum absolute atomic E-state index is 12.7. The highest BCUT2D eigenvalue weighted by molar-refractivity contribution is 6.09. The molecule has 0 radical (unpaired) electrons. The van der Waals surface area contributed by atoms with Crippen LogP contribution in [-0.2, 0) is 4.79 Å². The highest BCUT2D eigenvalue weighted by Gasteiger charge is 2.16. The van der Waals surface area contributed by atoms with Crippen molar-refractivity contribution in [3.05, 3.63) is 77.1 Å². The predicted molar refractivity (Wildman–Crippen MR) is 115 cm³/mol. The van der Waals surface area contributed by atoms with Crippen LogP contribution in [0.1, 0.15) is 17.0 Å². The molecule has 0 aliphatic carbocycles. The van der Waals surface area contributed by atoms with Gasteiger partial charge < -0.3 is 19.4 Å². The van der Waals surface area contributed by atoms with E-state index < -0.39 is 5.91 Å². The summed E-state index contributed by atoms with van der Waals surface area (Å²) in [5.74, 6) is 0.746. The number of ether oxygens (including phenoxy) is 2. The molecular formula is C24H21N3O3. The number of hydrogen-bond donors (Lipinski definition) is 1. The molecule has 0 atom stereocenters. The van der Waals surface area contributed by atoms with Gasteiger partial charge in [-0.3, -0.25) is 4.79 Å². The van der Waals surface area contributed by atoms with Crippen LogP contribution in [0, 0.1) is 25.2 Å². The second kappa shape index (κ2) is 8.18. The SMILES string of the molecule is Cc1cc(/C=C(\C#N)C(=O)Nc2ccc3c(c2)OCCO3)c(C)n1-c1ccccc1. The molecule has 2 aromatic carbocycles. The Labute approximate surface area is 175 Å². The maximum Gasteiger partial charge on any atom is 0.266 e. The maximum atomic E-state index is 12.7. The van der Waals surface area contributed by atoms with E-state index in [4.69, 9.17) is 9.47 Å². The van der Waals surface area contributed by atoms with Gasteiger partial charge >= 0.3 is 0 Å². The fourth-order valence-corrected chi connectivity index (χ4v) is 3.53. The highest BCUT2D eigenvalue weighted by atomic mass is 16.6. The molecule has 6 nitrogen and oxygen atoms in total. The molecule has 30 heavy (non-hydrogen) atoms.